The molecule has 0 saturated carbocycles. The standard InChI is InChI=1S/C11H13FN2O/c1-8(2)7-13-11(15)14-10-6-4-3-5-9(10)12/h3-6H,1,7H2,2H3,(H2,13,14,15). The Morgan fingerprint density at radius 3 is 2.73 bits per heavy atom. The number of anilines is 1. The smallest absolute Gasteiger partial charge is 0.319 e. The van der Waals surface area contributed by atoms with Crippen LogP contribution < -0.4 is 10.6 Å². The number of para-hydroxylation sites is 1. The first kappa shape index (κ1) is 11.2. The van der Waals surface area contributed by atoms with Crippen LogP contribution >= 0.6 is 0 Å². The number of rotatable bonds is 3. The van der Waals surface area contributed by atoms with E-state index in [0.29, 0.717) is 6.54 Å². The topological polar surface area (TPSA) is 41.1 Å². The summed E-state index contributed by atoms with van der Waals surface area (Å²) in [5.41, 5.74) is 0.996. The normalized spacial score (nSPS) is 9.47. The van der Waals surface area contributed by atoms with Crippen molar-refractivity contribution in [2.75, 3.05) is 11.9 Å². The highest BCUT2D eigenvalue weighted by Gasteiger charge is 2.04. The molecule has 0 spiro atoms. The Morgan fingerprint density at radius 2 is 2.13 bits per heavy atom. The molecule has 0 unspecified atom stereocenters. The molecule has 0 atom stereocenters. The lowest BCUT2D eigenvalue weighted by Crippen LogP contribution is -2.30. The maximum absolute atomic E-state index is 13.1. The molecule has 1 aromatic rings. The Kier molecular flexibility index (Phi) is 3.85. The summed E-state index contributed by atoms with van der Waals surface area (Å²) in [6.07, 6.45) is 0. The van der Waals surface area contributed by atoms with Crippen molar-refractivity contribution in [1.82, 2.24) is 5.32 Å². The molecule has 0 saturated heterocycles. The van der Waals surface area contributed by atoms with Gasteiger partial charge in [-0.25, -0.2) is 9.18 Å². The first-order chi connectivity index (χ1) is 7.09. The third kappa shape index (κ3) is 3.81. The number of hydrogen-bond donors (Lipinski definition) is 2. The van der Waals surface area contributed by atoms with Gasteiger partial charge in [0, 0.05) is 6.54 Å². The van der Waals surface area contributed by atoms with Crippen LogP contribution in [0.3, 0.4) is 0 Å². The van der Waals surface area contributed by atoms with Gasteiger partial charge in [-0.1, -0.05) is 24.3 Å². The molecule has 3 nitrogen and oxygen atoms in total. The maximum Gasteiger partial charge on any atom is 0.319 e. The van der Waals surface area contributed by atoms with Crippen LogP contribution in [0, 0.1) is 5.82 Å². The minimum Gasteiger partial charge on any atom is -0.334 e. The number of carbonyl (C=O) groups is 1. The van der Waals surface area contributed by atoms with Crippen LogP contribution in [0.4, 0.5) is 14.9 Å². The summed E-state index contributed by atoms with van der Waals surface area (Å²) in [5.74, 6) is -0.456. The van der Waals surface area contributed by atoms with Gasteiger partial charge in [-0.05, 0) is 19.1 Å². The number of amides is 2. The lowest BCUT2D eigenvalue weighted by Gasteiger charge is -2.07. The molecule has 15 heavy (non-hydrogen) atoms. The number of hydrogen-bond acceptors (Lipinski definition) is 1. The summed E-state index contributed by atoms with van der Waals surface area (Å²) >= 11 is 0. The third-order valence-electron chi connectivity index (χ3n) is 1.67. The molecule has 0 aliphatic rings. The van der Waals surface area contributed by atoms with E-state index in [-0.39, 0.29) is 5.69 Å². The first-order valence-corrected chi connectivity index (χ1v) is 4.53. The summed E-state index contributed by atoms with van der Waals surface area (Å²) in [4.78, 5) is 11.2. The fourth-order valence-electron chi connectivity index (χ4n) is 0.960. The average Bonchev–Trinajstić information content (AvgIpc) is 2.18. The van der Waals surface area contributed by atoms with E-state index in [1.54, 1.807) is 19.1 Å². The quantitative estimate of drug-likeness (QED) is 0.736. The Balaban J connectivity index is 2.52. The molecule has 2 N–H and O–H groups in total. The van der Waals surface area contributed by atoms with E-state index in [1.165, 1.54) is 12.1 Å². The Morgan fingerprint density at radius 1 is 1.47 bits per heavy atom. The van der Waals surface area contributed by atoms with Crippen molar-refractivity contribution in [3.05, 3.63) is 42.2 Å². The van der Waals surface area contributed by atoms with Crippen LogP contribution in [0.5, 0.6) is 0 Å². The van der Waals surface area contributed by atoms with E-state index in [2.05, 4.69) is 17.2 Å². The van der Waals surface area contributed by atoms with E-state index < -0.39 is 11.8 Å². The minimum atomic E-state index is -0.456. The first-order valence-electron chi connectivity index (χ1n) is 4.53. The highest BCUT2D eigenvalue weighted by molar-refractivity contribution is 5.89. The predicted octanol–water partition coefficient (Wildman–Crippen LogP) is 2.52. The largest absolute Gasteiger partial charge is 0.334 e. The van der Waals surface area contributed by atoms with Crippen molar-refractivity contribution in [2.45, 2.75) is 6.92 Å². The van der Waals surface area contributed by atoms with E-state index in [1.807, 2.05) is 0 Å². The highest BCUT2D eigenvalue weighted by atomic mass is 19.1. The van der Waals surface area contributed by atoms with Gasteiger partial charge < -0.3 is 10.6 Å². The van der Waals surface area contributed by atoms with Gasteiger partial charge in [0.15, 0.2) is 0 Å². The van der Waals surface area contributed by atoms with Crippen molar-refractivity contribution in [1.29, 1.82) is 0 Å². The van der Waals surface area contributed by atoms with Gasteiger partial charge in [0.25, 0.3) is 0 Å². The van der Waals surface area contributed by atoms with Crippen molar-refractivity contribution >= 4 is 11.7 Å². The summed E-state index contributed by atoms with van der Waals surface area (Å²) in [5, 5.41) is 4.94. The maximum atomic E-state index is 13.1. The molecule has 80 valence electrons. The minimum absolute atomic E-state index is 0.164. The van der Waals surface area contributed by atoms with Gasteiger partial charge in [0.2, 0.25) is 0 Å². The molecule has 0 heterocycles. The van der Waals surface area contributed by atoms with Crippen molar-refractivity contribution < 1.29 is 9.18 Å². The van der Waals surface area contributed by atoms with Crippen LogP contribution in [0.25, 0.3) is 0 Å². The molecule has 0 bridgehead atoms. The summed E-state index contributed by atoms with van der Waals surface area (Å²) in [6.45, 7) is 5.81. The Bertz CT molecular complexity index is 377. The third-order valence-corrected chi connectivity index (χ3v) is 1.67. The molecule has 0 radical (unpaired) electrons. The lowest BCUT2D eigenvalue weighted by molar-refractivity contribution is 0.252. The summed E-state index contributed by atoms with van der Waals surface area (Å²) < 4.78 is 13.1. The second-order valence-electron chi connectivity index (χ2n) is 3.24. The molecular weight excluding hydrogens is 195 g/mol. The van der Waals surface area contributed by atoms with Gasteiger partial charge in [-0.2, -0.15) is 0 Å². The second kappa shape index (κ2) is 5.14. The number of nitrogens with one attached hydrogen (secondary N) is 2. The molecular formula is C11H13FN2O. The number of urea groups is 1. The number of carbonyl (C=O) groups excluding carboxylic acids is 1. The number of halogens is 1. The Hall–Kier alpha value is -1.84. The SMILES string of the molecule is C=C(C)CNC(=O)Nc1ccccc1F. The zero-order chi connectivity index (χ0) is 11.3. The highest BCUT2D eigenvalue weighted by Crippen LogP contribution is 2.11. The molecule has 2 amide bonds. The van der Waals surface area contributed by atoms with Crippen molar-refractivity contribution in [3.8, 4) is 0 Å². The predicted molar refractivity (Wildman–Crippen MR) is 58.2 cm³/mol. The summed E-state index contributed by atoms with van der Waals surface area (Å²) in [6, 6.07) is 5.55. The fraction of sp³-hybridized carbons (Fsp3) is 0.182. The zero-order valence-electron chi connectivity index (χ0n) is 8.51. The second-order valence-corrected chi connectivity index (χ2v) is 3.24. The van der Waals surface area contributed by atoms with Crippen LogP contribution in [-0.2, 0) is 0 Å². The monoisotopic (exact) mass is 208 g/mol. The van der Waals surface area contributed by atoms with Crippen molar-refractivity contribution in [2.24, 2.45) is 0 Å². The van der Waals surface area contributed by atoms with E-state index in [9.17, 15) is 9.18 Å². The Labute approximate surface area is 88.0 Å². The van der Waals surface area contributed by atoms with E-state index in [0.717, 1.165) is 5.57 Å². The van der Waals surface area contributed by atoms with Crippen molar-refractivity contribution in [3.63, 3.8) is 0 Å². The number of benzene rings is 1. The van der Waals surface area contributed by atoms with Crippen LogP contribution in [-0.4, -0.2) is 12.6 Å². The molecule has 1 aromatic carbocycles. The molecule has 0 aliphatic heterocycles. The van der Waals surface area contributed by atoms with Gasteiger partial charge in [-0.3, -0.25) is 0 Å². The fourth-order valence-corrected chi connectivity index (χ4v) is 0.960. The van der Waals surface area contributed by atoms with Gasteiger partial charge in [0.1, 0.15) is 5.82 Å². The van der Waals surface area contributed by atoms with Gasteiger partial charge in [-0.15, -0.1) is 0 Å². The average molecular weight is 208 g/mol. The molecule has 4 heteroatoms. The molecule has 1 rings (SSSR count). The van der Waals surface area contributed by atoms with Crippen LogP contribution in [0.1, 0.15) is 6.92 Å². The molecule has 0 aromatic heterocycles. The van der Waals surface area contributed by atoms with E-state index in [4.69, 9.17) is 0 Å². The molecule has 0 aliphatic carbocycles. The van der Waals surface area contributed by atoms with Gasteiger partial charge in [0.05, 0.1) is 5.69 Å². The van der Waals surface area contributed by atoms with E-state index >= 15 is 0 Å². The summed E-state index contributed by atoms with van der Waals surface area (Å²) in [7, 11) is 0. The molecule has 0 fully saturated rings. The zero-order valence-corrected chi connectivity index (χ0v) is 8.51. The van der Waals surface area contributed by atoms with Crippen LogP contribution in [0.2, 0.25) is 0 Å². The lowest BCUT2D eigenvalue weighted by atomic mass is 10.3. The van der Waals surface area contributed by atoms with Crippen LogP contribution in [0.15, 0.2) is 36.4 Å². The van der Waals surface area contributed by atoms with Gasteiger partial charge >= 0.3 is 6.03 Å².